The molecule has 1 aromatic rings. The molecule has 0 saturated heterocycles. The van der Waals surface area contributed by atoms with E-state index in [0.29, 0.717) is 10.6 Å². The Labute approximate surface area is 79.1 Å². The molecule has 5 heteroatoms. The first-order valence-electron chi connectivity index (χ1n) is 3.45. The number of nitrogens with two attached hydrogens (primary N) is 1. The van der Waals surface area contributed by atoms with E-state index in [4.69, 9.17) is 5.73 Å². The van der Waals surface area contributed by atoms with Gasteiger partial charge in [0.2, 0.25) is 5.91 Å². The Kier molecular flexibility index (Phi) is 2.81. The summed E-state index contributed by atoms with van der Waals surface area (Å²) in [5, 5.41) is 4.15. The van der Waals surface area contributed by atoms with Gasteiger partial charge in [0.25, 0.3) is 5.91 Å². The predicted octanol–water partition coefficient (Wildman–Crippen LogP) is 0.972. The highest BCUT2D eigenvalue weighted by Gasteiger charge is 2.05. The number of hydrogen-bond donors (Lipinski definition) is 2. The van der Waals surface area contributed by atoms with E-state index in [0.717, 1.165) is 6.08 Å². The third kappa shape index (κ3) is 2.41. The summed E-state index contributed by atoms with van der Waals surface area (Å²) in [6, 6.07) is 1.52. The van der Waals surface area contributed by atoms with E-state index in [-0.39, 0.29) is 5.91 Å². The fourth-order valence-corrected chi connectivity index (χ4v) is 1.42. The Hall–Kier alpha value is -1.62. The Morgan fingerprint density at radius 2 is 2.31 bits per heavy atom. The van der Waals surface area contributed by atoms with Crippen molar-refractivity contribution in [2.24, 2.45) is 5.73 Å². The lowest BCUT2D eigenvalue weighted by atomic mass is 10.4. The van der Waals surface area contributed by atoms with Crippen molar-refractivity contribution in [2.45, 2.75) is 0 Å². The quantitative estimate of drug-likeness (QED) is 0.707. The number of carbonyl (C=O) groups excluding carboxylic acids is 2. The average Bonchev–Trinajstić information content (AvgIpc) is 2.52. The molecule has 0 bridgehead atoms. The van der Waals surface area contributed by atoms with Crippen LogP contribution in [0.1, 0.15) is 9.67 Å². The smallest absolute Gasteiger partial charge is 0.258 e. The fraction of sp³-hybridized carbons (Fsp3) is 0. The Morgan fingerprint density at radius 3 is 2.77 bits per heavy atom. The number of thiophene rings is 1. The van der Waals surface area contributed by atoms with Gasteiger partial charge in [0.05, 0.1) is 10.6 Å². The Bertz CT molecular complexity index is 357. The second-order valence-corrected chi connectivity index (χ2v) is 3.17. The normalized spacial score (nSPS) is 9.23. The van der Waals surface area contributed by atoms with E-state index in [1.165, 1.54) is 17.4 Å². The topological polar surface area (TPSA) is 72.2 Å². The molecule has 3 N–H and O–H groups in total. The van der Waals surface area contributed by atoms with Crippen LogP contribution in [-0.4, -0.2) is 11.8 Å². The van der Waals surface area contributed by atoms with Gasteiger partial charge < -0.3 is 11.1 Å². The summed E-state index contributed by atoms with van der Waals surface area (Å²) >= 11 is 1.19. The Balaban J connectivity index is 2.74. The summed E-state index contributed by atoms with van der Waals surface area (Å²) in [6.45, 7) is 3.30. The van der Waals surface area contributed by atoms with Crippen molar-refractivity contribution in [3.63, 3.8) is 0 Å². The van der Waals surface area contributed by atoms with Gasteiger partial charge in [-0.3, -0.25) is 9.59 Å². The van der Waals surface area contributed by atoms with Crippen LogP contribution in [0, 0.1) is 0 Å². The van der Waals surface area contributed by atoms with Crippen LogP contribution >= 0.6 is 11.3 Å². The minimum Gasteiger partial charge on any atom is -0.365 e. The summed E-state index contributed by atoms with van der Waals surface area (Å²) in [7, 11) is 0. The van der Waals surface area contributed by atoms with Gasteiger partial charge in [-0.05, 0) is 12.1 Å². The van der Waals surface area contributed by atoms with E-state index < -0.39 is 5.91 Å². The number of anilines is 1. The number of hydrogen-bond acceptors (Lipinski definition) is 3. The molecule has 1 rings (SSSR count). The Morgan fingerprint density at radius 1 is 1.62 bits per heavy atom. The van der Waals surface area contributed by atoms with Crippen LogP contribution < -0.4 is 11.1 Å². The van der Waals surface area contributed by atoms with Crippen LogP contribution in [0.3, 0.4) is 0 Å². The molecule has 0 saturated carbocycles. The first kappa shape index (κ1) is 9.47. The van der Waals surface area contributed by atoms with Crippen molar-refractivity contribution in [3.8, 4) is 0 Å². The van der Waals surface area contributed by atoms with E-state index in [2.05, 4.69) is 11.9 Å². The number of amides is 2. The second kappa shape index (κ2) is 3.86. The maximum Gasteiger partial charge on any atom is 0.258 e. The molecule has 2 amide bonds. The third-order valence-corrected chi connectivity index (χ3v) is 2.24. The zero-order chi connectivity index (χ0) is 9.84. The molecule has 13 heavy (non-hydrogen) atoms. The first-order valence-corrected chi connectivity index (χ1v) is 4.33. The molecule has 0 unspecified atom stereocenters. The molecule has 68 valence electrons. The second-order valence-electron chi connectivity index (χ2n) is 2.26. The van der Waals surface area contributed by atoms with Gasteiger partial charge in [0.1, 0.15) is 0 Å². The maximum atomic E-state index is 10.8. The van der Waals surface area contributed by atoms with Gasteiger partial charge in [-0.2, -0.15) is 0 Å². The molecule has 0 aliphatic heterocycles. The van der Waals surface area contributed by atoms with Crippen LogP contribution in [0.5, 0.6) is 0 Å². The van der Waals surface area contributed by atoms with Crippen molar-refractivity contribution in [2.75, 3.05) is 5.32 Å². The third-order valence-electron chi connectivity index (χ3n) is 1.30. The van der Waals surface area contributed by atoms with Crippen molar-refractivity contribution >= 4 is 28.8 Å². The van der Waals surface area contributed by atoms with Crippen molar-refractivity contribution in [3.05, 3.63) is 29.0 Å². The van der Waals surface area contributed by atoms with Crippen LogP contribution in [-0.2, 0) is 4.79 Å². The lowest BCUT2D eigenvalue weighted by Gasteiger charge is -1.94. The van der Waals surface area contributed by atoms with Gasteiger partial charge in [-0.1, -0.05) is 6.58 Å². The standard InChI is InChI=1S/C8H8N2O2S/c1-2-7(11)10-5-3-6(8(9)12)13-4-5/h2-4H,1H2,(H2,9,12)(H,10,11). The SMILES string of the molecule is C=CC(=O)Nc1csc(C(N)=O)c1. The summed E-state index contributed by atoms with van der Waals surface area (Å²) in [6.07, 6.45) is 1.15. The molecular formula is C8H8N2O2S. The van der Waals surface area contributed by atoms with Gasteiger partial charge in [-0.15, -0.1) is 11.3 Å². The highest BCUT2D eigenvalue weighted by molar-refractivity contribution is 7.12. The molecule has 0 spiro atoms. The summed E-state index contributed by atoms with van der Waals surface area (Å²) in [5.41, 5.74) is 5.59. The molecule has 4 nitrogen and oxygen atoms in total. The van der Waals surface area contributed by atoms with Crippen LogP contribution in [0.15, 0.2) is 24.1 Å². The van der Waals surface area contributed by atoms with Crippen LogP contribution in [0.4, 0.5) is 5.69 Å². The largest absolute Gasteiger partial charge is 0.365 e. The lowest BCUT2D eigenvalue weighted by molar-refractivity contribution is -0.111. The zero-order valence-corrected chi connectivity index (χ0v) is 7.56. The van der Waals surface area contributed by atoms with E-state index in [9.17, 15) is 9.59 Å². The van der Waals surface area contributed by atoms with E-state index in [1.54, 1.807) is 5.38 Å². The number of carbonyl (C=O) groups is 2. The number of rotatable bonds is 3. The summed E-state index contributed by atoms with van der Waals surface area (Å²) < 4.78 is 0. The van der Waals surface area contributed by atoms with Crippen LogP contribution in [0.2, 0.25) is 0 Å². The molecule has 0 aromatic carbocycles. The lowest BCUT2D eigenvalue weighted by Crippen LogP contribution is -2.09. The average molecular weight is 196 g/mol. The molecule has 0 aliphatic carbocycles. The summed E-state index contributed by atoms with van der Waals surface area (Å²) in [4.78, 5) is 21.9. The predicted molar refractivity (Wildman–Crippen MR) is 51.7 cm³/mol. The van der Waals surface area contributed by atoms with Crippen molar-refractivity contribution in [1.82, 2.24) is 0 Å². The van der Waals surface area contributed by atoms with Gasteiger partial charge in [0, 0.05) is 5.38 Å². The monoisotopic (exact) mass is 196 g/mol. The van der Waals surface area contributed by atoms with Crippen molar-refractivity contribution in [1.29, 1.82) is 0 Å². The van der Waals surface area contributed by atoms with Gasteiger partial charge in [0.15, 0.2) is 0 Å². The highest BCUT2D eigenvalue weighted by atomic mass is 32.1. The zero-order valence-electron chi connectivity index (χ0n) is 6.74. The minimum absolute atomic E-state index is 0.311. The maximum absolute atomic E-state index is 10.8. The molecule has 0 radical (unpaired) electrons. The number of nitrogens with one attached hydrogen (secondary N) is 1. The van der Waals surface area contributed by atoms with E-state index >= 15 is 0 Å². The molecule has 0 atom stereocenters. The first-order chi connectivity index (χ1) is 6.13. The molecule has 1 heterocycles. The van der Waals surface area contributed by atoms with Gasteiger partial charge >= 0.3 is 0 Å². The highest BCUT2D eigenvalue weighted by Crippen LogP contribution is 2.18. The molecule has 1 aromatic heterocycles. The number of primary amides is 1. The molecule has 0 aliphatic rings. The molecule has 0 fully saturated rings. The minimum atomic E-state index is -0.496. The molecular weight excluding hydrogens is 188 g/mol. The van der Waals surface area contributed by atoms with Crippen LogP contribution in [0.25, 0.3) is 0 Å². The summed E-state index contributed by atoms with van der Waals surface area (Å²) in [5.74, 6) is -0.807. The van der Waals surface area contributed by atoms with E-state index in [1.807, 2.05) is 0 Å². The fourth-order valence-electron chi connectivity index (χ4n) is 0.724. The van der Waals surface area contributed by atoms with Gasteiger partial charge in [-0.25, -0.2) is 0 Å². The van der Waals surface area contributed by atoms with Crippen molar-refractivity contribution < 1.29 is 9.59 Å².